The Morgan fingerprint density at radius 1 is 1.30 bits per heavy atom. The first-order chi connectivity index (χ1) is 9.58. The Morgan fingerprint density at radius 3 is 2.45 bits per heavy atom. The van der Waals surface area contributed by atoms with Gasteiger partial charge in [-0.15, -0.1) is 0 Å². The van der Waals surface area contributed by atoms with Crippen molar-refractivity contribution in [2.75, 3.05) is 31.6 Å². The second-order valence-corrected chi connectivity index (χ2v) is 4.55. The molecule has 8 heteroatoms. The van der Waals surface area contributed by atoms with Gasteiger partial charge in [-0.05, 0) is 12.1 Å². The number of morpholine rings is 1. The van der Waals surface area contributed by atoms with Gasteiger partial charge in [-0.1, -0.05) is 12.2 Å². The van der Waals surface area contributed by atoms with E-state index in [1.54, 1.807) is 4.90 Å². The number of nitrogens with one attached hydrogen (secondary N) is 1. The van der Waals surface area contributed by atoms with Crippen molar-refractivity contribution in [2.24, 2.45) is 0 Å². The maximum Gasteiger partial charge on any atom is 0.283 e. The number of hydrogen-bond acceptors (Lipinski definition) is 5. The van der Waals surface area contributed by atoms with Crippen molar-refractivity contribution in [1.29, 1.82) is 0 Å². The number of anilines is 1. The average Bonchev–Trinajstić information content (AvgIpc) is 2.48. The first-order valence-corrected chi connectivity index (χ1v) is 6.41. The normalized spacial score (nSPS) is 14.7. The molecule has 1 N–H and O–H groups in total. The smallest absolute Gasteiger partial charge is 0.283 e. The highest BCUT2D eigenvalue weighted by Crippen LogP contribution is 2.15. The van der Waals surface area contributed by atoms with Gasteiger partial charge in [0.1, 0.15) is 0 Å². The van der Waals surface area contributed by atoms with Crippen molar-refractivity contribution >= 4 is 34.5 Å². The molecule has 1 aliphatic rings. The molecular formula is C12H13N3O4S. The topological polar surface area (TPSA) is 84.7 Å². The van der Waals surface area contributed by atoms with E-state index in [1.165, 1.54) is 24.3 Å². The van der Waals surface area contributed by atoms with Crippen molar-refractivity contribution in [2.45, 2.75) is 0 Å². The van der Waals surface area contributed by atoms with Crippen LogP contribution in [0, 0.1) is 10.1 Å². The Balaban J connectivity index is 1.96. The number of carbonyl (C=O) groups excluding carboxylic acids is 1. The van der Waals surface area contributed by atoms with Crippen molar-refractivity contribution < 1.29 is 14.5 Å². The summed E-state index contributed by atoms with van der Waals surface area (Å²) in [5.41, 5.74) is 0.440. The summed E-state index contributed by atoms with van der Waals surface area (Å²) in [5.74, 6) is -0.393. The third kappa shape index (κ3) is 3.49. The molecule has 0 aromatic heterocycles. The summed E-state index contributed by atoms with van der Waals surface area (Å²) >= 11 is 5.11. The first-order valence-electron chi connectivity index (χ1n) is 6.00. The molecule has 1 aromatic carbocycles. The number of non-ortho nitro benzene ring substituents is 1. The molecule has 1 amide bonds. The van der Waals surface area contributed by atoms with Gasteiger partial charge in [0.2, 0.25) is 0 Å². The predicted molar refractivity (Wildman–Crippen MR) is 76.7 cm³/mol. The molecule has 0 radical (unpaired) electrons. The summed E-state index contributed by atoms with van der Waals surface area (Å²) in [6, 6.07) is 5.59. The lowest BCUT2D eigenvalue weighted by Gasteiger charge is -2.28. The van der Waals surface area contributed by atoms with Crippen molar-refractivity contribution in [3.63, 3.8) is 0 Å². The van der Waals surface area contributed by atoms with Gasteiger partial charge in [0, 0.05) is 30.9 Å². The number of ether oxygens (including phenoxy) is 1. The van der Waals surface area contributed by atoms with E-state index in [0.29, 0.717) is 32.0 Å². The van der Waals surface area contributed by atoms with Crippen LogP contribution in [0.4, 0.5) is 11.4 Å². The molecule has 1 saturated heterocycles. The zero-order chi connectivity index (χ0) is 14.5. The number of amides is 1. The van der Waals surface area contributed by atoms with E-state index < -0.39 is 10.8 Å². The molecule has 0 aliphatic carbocycles. The lowest BCUT2D eigenvalue weighted by Crippen LogP contribution is -2.44. The van der Waals surface area contributed by atoms with Crippen LogP contribution in [0.1, 0.15) is 0 Å². The lowest BCUT2D eigenvalue weighted by atomic mass is 10.3. The third-order valence-electron chi connectivity index (χ3n) is 2.83. The van der Waals surface area contributed by atoms with Crippen LogP contribution < -0.4 is 5.32 Å². The molecule has 0 saturated carbocycles. The minimum atomic E-state index is -0.496. The van der Waals surface area contributed by atoms with E-state index in [0.717, 1.165) is 0 Å². The van der Waals surface area contributed by atoms with Gasteiger partial charge in [0.15, 0.2) is 4.99 Å². The van der Waals surface area contributed by atoms with Crippen LogP contribution >= 0.6 is 12.2 Å². The number of nitro groups is 1. The van der Waals surface area contributed by atoms with E-state index in [9.17, 15) is 14.9 Å². The molecule has 7 nitrogen and oxygen atoms in total. The molecular weight excluding hydrogens is 282 g/mol. The van der Waals surface area contributed by atoms with Crippen molar-refractivity contribution in [3.05, 3.63) is 34.4 Å². The lowest BCUT2D eigenvalue weighted by molar-refractivity contribution is -0.384. The van der Waals surface area contributed by atoms with Gasteiger partial charge in [0.05, 0.1) is 18.1 Å². The molecule has 0 atom stereocenters. The van der Waals surface area contributed by atoms with Crippen LogP contribution in [0.5, 0.6) is 0 Å². The Bertz CT molecular complexity index is 526. The number of hydrogen-bond donors (Lipinski definition) is 1. The van der Waals surface area contributed by atoms with Gasteiger partial charge in [0.25, 0.3) is 11.6 Å². The molecule has 1 aromatic rings. The Labute approximate surface area is 120 Å². The zero-order valence-corrected chi connectivity index (χ0v) is 11.4. The summed E-state index contributed by atoms with van der Waals surface area (Å²) in [6.07, 6.45) is 0. The Hall–Kier alpha value is -2.06. The molecule has 0 bridgehead atoms. The monoisotopic (exact) mass is 295 g/mol. The summed E-state index contributed by atoms with van der Waals surface area (Å²) in [5, 5.41) is 13.1. The van der Waals surface area contributed by atoms with Crippen LogP contribution in [-0.4, -0.2) is 47.0 Å². The van der Waals surface area contributed by atoms with Crippen LogP contribution in [0.15, 0.2) is 24.3 Å². The van der Waals surface area contributed by atoms with E-state index in [2.05, 4.69) is 5.32 Å². The fraction of sp³-hybridized carbons (Fsp3) is 0.333. The molecule has 1 heterocycles. The molecule has 0 spiro atoms. The standard InChI is InChI=1S/C12H13N3O4S/c16-11(12(20)14-5-7-19-8-6-14)13-9-1-3-10(4-2-9)15(17)18/h1-4H,5-8H2,(H,13,16). The highest BCUT2D eigenvalue weighted by atomic mass is 32.1. The minimum absolute atomic E-state index is 0.0289. The van der Waals surface area contributed by atoms with Gasteiger partial charge in [-0.25, -0.2) is 0 Å². The molecule has 0 unspecified atom stereocenters. The van der Waals surface area contributed by atoms with Gasteiger partial charge < -0.3 is 15.0 Å². The van der Waals surface area contributed by atoms with E-state index in [4.69, 9.17) is 17.0 Å². The fourth-order valence-electron chi connectivity index (χ4n) is 1.76. The first kappa shape index (κ1) is 14.4. The van der Waals surface area contributed by atoms with E-state index in [1.807, 2.05) is 0 Å². The second kappa shape index (κ2) is 6.40. The largest absolute Gasteiger partial charge is 0.378 e. The number of nitrogens with zero attached hydrogens (tertiary/aromatic N) is 2. The van der Waals surface area contributed by atoms with Crippen molar-refractivity contribution in [1.82, 2.24) is 4.90 Å². The summed E-state index contributed by atoms with van der Waals surface area (Å²) in [6.45, 7) is 2.27. The van der Waals surface area contributed by atoms with Crippen LogP contribution in [-0.2, 0) is 9.53 Å². The van der Waals surface area contributed by atoms with Crippen LogP contribution in [0.25, 0.3) is 0 Å². The average molecular weight is 295 g/mol. The van der Waals surface area contributed by atoms with Crippen LogP contribution in [0.3, 0.4) is 0 Å². The van der Waals surface area contributed by atoms with Crippen molar-refractivity contribution in [3.8, 4) is 0 Å². The maximum atomic E-state index is 12.0. The SMILES string of the molecule is O=C(Nc1ccc([N+](=O)[O-])cc1)C(=S)N1CCOCC1. The highest BCUT2D eigenvalue weighted by Gasteiger charge is 2.19. The summed E-state index contributed by atoms with van der Waals surface area (Å²) in [7, 11) is 0. The van der Waals surface area contributed by atoms with E-state index in [-0.39, 0.29) is 10.7 Å². The number of benzene rings is 1. The van der Waals surface area contributed by atoms with Gasteiger partial charge in [-0.2, -0.15) is 0 Å². The predicted octanol–water partition coefficient (Wildman–Crippen LogP) is 1.19. The number of thiocarbonyl (C=S) groups is 1. The third-order valence-corrected chi connectivity index (χ3v) is 3.27. The Kier molecular flexibility index (Phi) is 4.59. The van der Waals surface area contributed by atoms with E-state index >= 15 is 0 Å². The maximum absolute atomic E-state index is 12.0. The zero-order valence-electron chi connectivity index (χ0n) is 10.6. The molecule has 20 heavy (non-hydrogen) atoms. The molecule has 2 rings (SSSR count). The number of nitro benzene ring substituents is 1. The van der Waals surface area contributed by atoms with Gasteiger partial charge in [-0.3, -0.25) is 14.9 Å². The second-order valence-electron chi connectivity index (χ2n) is 4.16. The number of rotatable bonds is 2. The summed E-state index contributed by atoms with van der Waals surface area (Å²) in [4.78, 5) is 24.0. The quantitative estimate of drug-likeness (QED) is 0.501. The molecule has 1 fully saturated rings. The summed E-state index contributed by atoms with van der Waals surface area (Å²) < 4.78 is 5.19. The highest BCUT2D eigenvalue weighted by molar-refractivity contribution is 7.82. The minimum Gasteiger partial charge on any atom is -0.378 e. The van der Waals surface area contributed by atoms with Gasteiger partial charge >= 0.3 is 0 Å². The molecule has 106 valence electrons. The van der Waals surface area contributed by atoms with Crippen LogP contribution in [0.2, 0.25) is 0 Å². The fourth-order valence-corrected chi connectivity index (χ4v) is 1.99. The number of carbonyl (C=O) groups is 1. The molecule has 1 aliphatic heterocycles. The Morgan fingerprint density at radius 2 is 1.90 bits per heavy atom.